The van der Waals surface area contributed by atoms with E-state index in [9.17, 15) is 9.90 Å². The second-order valence-corrected chi connectivity index (χ2v) is 7.73. The number of aliphatic hydroxyl groups excluding tert-OH is 1. The summed E-state index contributed by atoms with van der Waals surface area (Å²) in [7, 11) is 0. The van der Waals surface area contributed by atoms with Gasteiger partial charge in [0.05, 0.1) is 46.9 Å². The van der Waals surface area contributed by atoms with Crippen LogP contribution in [0.3, 0.4) is 0 Å². The third-order valence-corrected chi connectivity index (χ3v) is 5.94. The van der Waals surface area contributed by atoms with Crippen molar-refractivity contribution in [3.63, 3.8) is 0 Å². The van der Waals surface area contributed by atoms with Gasteiger partial charge < -0.3 is 24.7 Å². The van der Waals surface area contributed by atoms with Crippen molar-refractivity contribution in [1.29, 1.82) is 0 Å². The molecule has 0 aliphatic carbocycles. The molecule has 1 aromatic carbocycles. The van der Waals surface area contributed by atoms with Gasteiger partial charge >= 0.3 is 0 Å². The third kappa shape index (κ3) is 2.80. The highest BCUT2D eigenvalue weighted by Gasteiger charge is 2.44. The summed E-state index contributed by atoms with van der Waals surface area (Å²) in [5.74, 6) is 0.453. The average Bonchev–Trinajstić information content (AvgIpc) is 3.15. The van der Waals surface area contributed by atoms with Crippen LogP contribution < -0.4 is 10.5 Å². The minimum Gasteiger partial charge on any atom is -0.488 e. The molecule has 0 atom stereocenters. The van der Waals surface area contributed by atoms with Crippen molar-refractivity contribution in [3.8, 4) is 5.75 Å². The fourth-order valence-electron chi connectivity index (χ4n) is 3.50. The number of thiazole rings is 1. The molecule has 4 rings (SSSR count). The fraction of sp³-hybridized carbons (Fsp3) is 0.368. The number of carbonyl (C=O) groups excluding carboxylic acids is 1. The molecule has 0 radical (unpaired) electrons. The Morgan fingerprint density at radius 1 is 1.41 bits per heavy atom. The number of nitrogens with two attached hydrogens (primary N) is 1. The van der Waals surface area contributed by atoms with Crippen LogP contribution in [0.25, 0.3) is 11.0 Å². The Hall–Kier alpha value is -2.42. The van der Waals surface area contributed by atoms with E-state index in [4.69, 9.17) is 19.6 Å². The van der Waals surface area contributed by atoms with Gasteiger partial charge in [-0.1, -0.05) is 0 Å². The monoisotopic (exact) mass is 388 g/mol. The van der Waals surface area contributed by atoms with Gasteiger partial charge in [-0.15, -0.1) is 11.3 Å². The van der Waals surface area contributed by atoms with E-state index in [1.54, 1.807) is 24.6 Å². The molecule has 1 aliphatic rings. The lowest BCUT2D eigenvalue weighted by Gasteiger charge is -2.41. The number of benzene rings is 1. The quantitative estimate of drug-likeness (QED) is 0.672. The van der Waals surface area contributed by atoms with E-state index in [0.717, 1.165) is 10.6 Å². The second-order valence-electron chi connectivity index (χ2n) is 6.79. The molecule has 0 unspecified atom stereocenters. The predicted octanol–water partition coefficient (Wildman–Crippen LogP) is 2.44. The molecule has 3 heterocycles. The molecule has 7 nitrogen and oxygen atoms in total. The molecule has 3 N–H and O–H groups in total. The number of primary amides is 1. The van der Waals surface area contributed by atoms with Crippen molar-refractivity contribution in [2.24, 2.45) is 5.73 Å². The van der Waals surface area contributed by atoms with Gasteiger partial charge in [-0.3, -0.25) is 4.79 Å². The Morgan fingerprint density at radius 2 is 2.19 bits per heavy atom. The highest BCUT2D eigenvalue weighted by molar-refractivity contribution is 7.09. The van der Waals surface area contributed by atoms with E-state index in [1.165, 1.54) is 11.3 Å². The number of nitrogens with zero attached hydrogens (tertiary/aromatic N) is 1. The van der Waals surface area contributed by atoms with E-state index in [-0.39, 0.29) is 6.61 Å². The van der Waals surface area contributed by atoms with Gasteiger partial charge in [0.1, 0.15) is 23.7 Å². The Morgan fingerprint density at radius 3 is 2.74 bits per heavy atom. The van der Waals surface area contributed by atoms with Crippen LogP contribution in [0.2, 0.25) is 0 Å². The molecule has 0 bridgehead atoms. The topological polar surface area (TPSA) is 108 Å². The molecule has 142 valence electrons. The van der Waals surface area contributed by atoms with Crippen LogP contribution in [-0.4, -0.2) is 35.8 Å². The number of amides is 1. The summed E-state index contributed by atoms with van der Waals surface area (Å²) >= 11 is 1.52. The van der Waals surface area contributed by atoms with Gasteiger partial charge in [0.2, 0.25) is 0 Å². The van der Waals surface area contributed by atoms with Gasteiger partial charge in [-0.05, 0) is 26.0 Å². The van der Waals surface area contributed by atoms with Gasteiger partial charge in [-0.2, -0.15) is 0 Å². The Balaban J connectivity index is 1.89. The number of aryl methyl sites for hydroxylation is 2. The zero-order valence-corrected chi connectivity index (χ0v) is 15.9. The molecule has 2 aromatic heterocycles. The maximum absolute atomic E-state index is 12.1. The van der Waals surface area contributed by atoms with Crippen LogP contribution in [0.5, 0.6) is 5.75 Å². The summed E-state index contributed by atoms with van der Waals surface area (Å²) in [6.07, 6.45) is 0. The fourth-order valence-corrected chi connectivity index (χ4v) is 4.19. The SMILES string of the molecule is Cc1ncsc1COc1ccc2oc(C)c(C(N)=O)c2c1C1(CO)COC1. The van der Waals surface area contributed by atoms with E-state index >= 15 is 0 Å². The van der Waals surface area contributed by atoms with Crippen molar-refractivity contribution >= 4 is 28.2 Å². The first kappa shape index (κ1) is 18.0. The molecule has 3 aromatic rings. The summed E-state index contributed by atoms with van der Waals surface area (Å²) < 4.78 is 17.2. The minimum absolute atomic E-state index is 0.134. The van der Waals surface area contributed by atoms with Gasteiger partial charge in [-0.25, -0.2) is 4.98 Å². The second kappa shape index (κ2) is 6.63. The van der Waals surface area contributed by atoms with E-state index in [2.05, 4.69) is 4.98 Å². The number of fused-ring (bicyclic) bond motifs is 1. The number of aliphatic hydroxyl groups is 1. The van der Waals surface area contributed by atoms with Crippen molar-refractivity contribution in [2.45, 2.75) is 25.9 Å². The lowest BCUT2D eigenvalue weighted by atomic mass is 9.76. The molecule has 1 aliphatic heterocycles. The van der Waals surface area contributed by atoms with Gasteiger partial charge in [0.25, 0.3) is 5.91 Å². The highest BCUT2D eigenvalue weighted by Crippen LogP contribution is 2.45. The molecule has 27 heavy (non-hydrogen) atoms. The maximum Gasteiger partial charge on any atom is 0.252 e. The van der Waals surface area contributed by atoms with E-state index in [1.807, 2.05) is 6.92 Å². The molecule has 0 saturated carbocycles. The van der Waals surface area contributed by atoms with E-state index < -0.39 is 11.3 Å². The molecule has 0 spiro atoms. The number of hydrogen-bond donors (Lipinski definition) is 2. The molecule has 8 heteroatoms. The largest absolute Gasteiger partial charge is 0.488 e. The lowest BCUT2D eigenvalue weighted by molar-refractivity contribution is -0.0844. The number of ether oxygens (including phenoxy) is 2. The molecule has 1 amide bonds. The number of furan rings is 1. The van der Waals surface area contributed by atoms with Gasteiger partial charge in [0, 0.05) is 10.9 Å². The smallest absolute Gasteiger partial charge is 0.252 e. The molecule has 1 saturated heterocycles. The summed E-state index contributed by atoms with van der Waals surface area (Å²) in [6.45, 7) is 4.51. The molecular weight excluding hydrogens is 368 g/mol. The average molecular weight is 388 g/mol. The Bertz CT molecular complexity index is 1010. The van der Waals surface area contributed by atoms with Crippen LogP contribution in [0.15, 0.2) is 22.1 Å². The Kier molecular flexibility index (Phi) is 4.41. The normalized spacial score (nSPS) is 15.7. The first-order chi connectivity index (χ1) is 13.0. The first-order valence-electron chi connectivity index (χ1n) is 8.53. The summed E-state index contributed by atoms with van der Waals surface area (Å²) in [5, 5.41) is 10.7. The number of carbonyl (C=O) groups is 1. The standard InChI is InChI=1S/C19H20N2O5S/c1-10-14(27-9-21-10)5-25-13-4-3-12-16(15(18(20)23)11(2)26-12)17(13)19(6-22)7-24-8-19/h3-4,9,22H,5-8H2,1-2H3,(H2,20,23). The van der Waals surface area contributed by atoms with Crippen molar-refractivity contribution in [3.05, 3.63) is 45.1 Å². The zero-order chi connectivity index (χ0) is 19.2. The first-order valence-corrected chi connectivity index (χ1v) is 9.41. The molecular formula is C19H20N2O5S. The summed E-state index contributed by atoms with van der Waals surface area (Å²) in [4.78, 5) is 17.3. The van der Waals surface area contributed by atoms with Crippen LogP contribution in [0.4, 0.5) is 0 Å². The zero-order valence-electron chi connectivity index (χ0n) is 15.1. The summed E-state index contributed by atoms with van der Waals surface area (Å²) in [6, 6.07) is 3.56. The third-order valence-electron chi connectivity index (χ3n) is 5.03. The van der Waals surface area contributed by atoms with Crippen LogP contribution in [0.1, 0.15) is 32.3 Å². The highest BCUT2D eigenvalue weighted by atomic mass is 32.1. The lowest BCUT2D eigenvalue weighted by Crippen LogP contribution is -2.50. The molecule has 1 fully saturated rings. The van der Waals surface area contributed by atoms with Crippen LogP contribution in [-0.2, 0) is 16.8 Å². The van der Waals surface area contributed by atoms with Crippen LogP contribution in [0, 0.1) is 13.8 Å². The predicted molar refractivity (Wildman–Crippen MR) is 100 cm³/mol. The van der Waals surface area contributed by atoms with E-state index in [0.29, 0.717) is 53.4 Å². The Labute approximate surface area is 159 Å². The number of rotatable bonds is 6. The van der Waals surface area contributed by atoms with Crippen molar-refractivity contribution in [1.82, 2.24) is 4.98 Å². The minimum atomic E-state index is -0.655. The number of aromatic nitrogens is 1. The van der Waals surface area contributed by atoms with Crippen molar-refractivity contribution in [2.75, 3.05) is 19.8 Å². The summed E-state index contributed by atoms with van der Waals surface area (Å²) in [5.41, 5.74) is 9.23. The van der Waals surface area contributed by atoms with Crippen LogP contribution >= 0.6 is 11.3 Å². The van der Waals surface area contributed by atoms with Gasteiger partial charge in [0.15, 0.2) is 0 Å². The number of hydrogen-bond acceptors (Lipinski definition) is 7. The van der Waals surface area contributed by atoms with Crippen molar-refractivity contribution < 1.29 is 23.8 Å². The maximum atomic E-state index is 12.1.